The molecule has 0 aliphatic carbocycles. The summed E-state index contributed by atoms with van der Waals surface area (Å²) in [5.41, 5.74) is 0.990. The standard InChI is InChI=1S/C14H16N2O4/c1-2-16-13(17)6-10(14(16)18)15-7-9-3-4-11-12(5-9)20-8-19-11/h3-5,10,15H,2,6-8H2,1H3. The fourth-order valence-corrected chi connectivity index (χ4v) is 2.47. The number of rotatable bonds is 4. The molecule has 1 aromatic carbocycles. The third kappa shape index (κ3) is 2.22. The van der Waals surface area contributed by atoms with Gasteiger partial charge in [-0.25, -0.2) is 0 Å². The molecule has 0 spiro atoms. The van der Waals surface area contributed by atoms with Crippen LogP contribution in [0.25, 0.3) is 0 Å². The molecule has 1 fully saturated rings. The zero-order chi connectivity index (χ0) is 14.1. The van der Waals surface area contributed by atoms with Crippen LogP contribution in [-0.2, 0) is 16.1 Å². The van der Waals surface area contributed by atoms with Crippen LogP contribution in [0.3, 0.4) is 0 Å². The first-order chi connectivity index (χ1) is 9.69. The van der Waals surface area contributed by atoms with Crippen molar-refractivity contribution >= 4 is 11.8 Å². The highest BCUT2D eigenvalue weighted by Gasteiger charge is 2.36. The topological polar surface area (TPSA) is 67.9 Å². The minimum Gasteiger partial charge on any atom is -0.454 e. The highest BCUT2D eigenvalue weighted by atomic mass is 16.7. The molecule has 2 heterocycles. The molecule has 2 aliphatic heterocycles. The monoisotopic (exact) mass is 276 g/mol. The van der Waals surface area contributed by atoms with Gasteiger partial charge in [0.25, 0.3) is 0 Å². The van der Waals surface area contributed by atoms with Gasteiger partial charge in [-0.15, -0.1) is 0 Å². The fraction of sp³-hybridized carbons (Fsp3) is 0.429. The van der Waals surface area contributed by atoms with Gasteiger partial charge < -0.3 is 14.8 Å². The van der Waals surface area contributed by atoms with Crippen molar-refractivity contribution in [3.63, 3.8) is 0 Å². The van der Waals surface area contributed by atoms with Gasteiger partial charge in [0.1, 0.15) is 0 Å². The number of carbonyl (C=O) groups is 2. The average Bonchev–Trinajstić information content (AvgIpc) is 3.00. The van der Waals surface area contributed by atoms with Crippen LogP contribution in [0.2, 0.25) is 0 Å². The summed E-state index contributed by atoms with van der Waals surface area (Å²) in [4.78, 5) is 24.9. The molecule has 106 valence electrons. The quantitative estimate of drug-likeness (QED) is 0.818. The van der Waals surface area contributed by atoms with E-state index in [2.05, 4.69) is 5.32 Å². The summed E-state index contributed by atoms with van der Waals surface area (Å²) in [7, 11) is 0. The Kier molecular flexibility index (Phi) is 3.31. The zero-order valence-corrected chi connectivity index (χ0v) is 11.2. The van der Waals surface area contributed by atoms with E-state index in [1.807, 2.05) is 18.2 Å². The van der Waals surface area contributed by atoms with E-state index < -0.39 is 6.04 Å². The van der Waals surface area contributed by atoms with Crippen molar-refractivity contribution in [1.82, 2.24) is 10.2 Å². The number of benzene rings is 1. The van der Waals surface area contributed by atoms with Crippen molar-refractivity contribution in [1.29, 1.82) is 0 Å². The SMILES string of the molecule is CCN1C(=O)CC(NCc2ccc3c(c2)OCO3)C1=O. The molecule has 0 saturated carbocycles. The van der Waals surface area contributed by atoms with Crippen molar-refractivity contribution in [2.45, 2.75) is 25.9 Å². The first-order valence-electron chi connectivity index (χ1n) is 6.65. The Morgan fingerprint density at radius 2 is 2.10 bits per heavy atom. The normalized spacial score (nSPS) is 20.9. The van der Waals surface area contributed by atoms with Gasteiger partial charge in [0, 0.05) is 13.1 Å². The minimum absolute atomic E-state index is 0.110. The van der Waals surface area contributed by atoms with Gasteiger partial charge in [0.2, 0.25) is 18.6 Å². The summed E-state index contributed by atoms with van der Waals surface area (Å²) in [5.74, 6) is 1.20. The van der Waals surface area contributed by atoms with Crippen molar-refractivity contribution < 1.29 is 19.1 Å². The summed E-state index contributed by atoms with van der Waals surface area (Å²) in [5, 5.41) is 3.13. The predicted molar refractivity (Wildman–Crippen MR) is 70.2 cm³/mol. The van der Waals surface area contributed by atoms with Crippen molar-refractivity contribution in [2.75, 3.05) is 13.3 Å². The van der Waals surface area contributed by atoms with E-state index in [0.29, 0.717) is 18.8 Å². The Morgan fingerprint density at radius 1 is 1.30 bits per heavy atom. The summed E-state index contributed by atoms with van der Waals surface area (Å²) in [6.45, 7) is 2.99. The third-order valence-corrected chi connectivity index (χ3v) is 3.55. The summed E-state index contributed by atoms with van der Waals surface area (Å²) in [6.07, 6.45) is 0.233. The highest BCUT2D eigenvalue weighted by molar-refractivity contribution is 6.05. The molecule has 20 heavy (non-hydrogen) atoms. The lowest BCUT2D eigenvalue weighted by molar-refractivity contribution is -0.138. The predicted octanol–water partition coefficient (Wildman–Crippen LogP) is 0.652. The maximum Gasteiger partial charge on any atom is 0.246 e. The minimum atomic E-state index is -0.423. The van der Waals surface area contributed by atoms with Gasteiger partial charge in [-0.1, -0.05) is 6.07 Å². The molecule has 2 amide bonds. The molecule has 0 radical (unpaired) electrons. The van der Waals surface area contributed by atoms with E-state index in [9.17, 15) is 9.59 Å². The third-order valence-electron chi connectivity index (χ3n) is 3.55. The molecule has 0 bridgehead atoms. The van der Waals surface area contributed by atoms with Crippen LogP contribution in [0.1, 0.15) is 18.9 Å². The molecule has 1 N–H and O–H groups in total. The van der Waals surface area contributed by atoms with Crippen LogP contribution in [0.4, 0.5) is 0 Å². The molecular weight excluding hydrogens is 260 g/mol. The van der Waals surface area contributed by atoms with E-state index >= 15 is 0 Å². The molecule has 1 aromatic rings. The Labute approximate surface area is 116 Å². The van der Waals surface area contributed by atoms with Crippen LogP contribution < -0.4 is 14.8 Å². The second-order valence-electron chi connectivity index (χ2n) is 4.80. The van der Waals surface area contributed by atoms with Crippen LogP contribution in [0, 0.1) is 0 Å². The summed E-state index contributed by atoms with van der Waals surface area (Å²) >= 11 is 0. The van der Waals surface area contributed by atoms with Crippen molar-refractivity contribution in [3.8, 4) is 11.5 Å². The molecule has 3 rings (SSSR count). The van der Waals surface area contributed by atoms with E-state index in [4.69, 9.17) is 9.47 Å². The van der Waals surface area contributed by atoms with Gasteiger partial charge in [-0.2, -0.15) is 0 Å². The van der Waals surface area contributed by atoms with Gasteiger partial charge in [-0.3, -0.25) is 14.5 Å². The number of hydrogen-bond donors (Lipinski definition) is 1. The number of imide groups is 1. The fourth-order valence-electron chi connectivity index (χ4n) is 2.47. The second kappa shape index (κ2) is 5.13. The van der Waals surface area contributed by atoms with Crippen LogP contribution in [-0.4, -0.2) is 36.1 Å². The lowest BCUT2D eigenvalue weighted by Crippen LogP contribution is -2.38. The van der Waals surface area contributed by atoms with Crippen LogP contribution in [0.5, 0.6) is 11.5 Å². The number of amides is 2. The second-order valence-corrected chi connectivity index (χ2v) is 4.80. The Balaban J connectivity index is 1.63. The molecule has 1 atom stereocenters. The number of likely N-dealkylation sites (tertiary alicyclic amines) is 1. The maximum absolute atomic E-state index is 12.0. The number of nitrogens with one attached hydrogen (secondary N) is 1. The number of likely N-dealkylation sites (N-methyl/N-ethyl adjacent to an activating group) is 1. The Hall–Kier alpha value is -2.08. The molecule has 6 heteroatoms. The molecule has 1 unspecified atom stereocenters. The van der Waals surface area contributed by atoms with Gasteiger partial charge in [0.15, 0.2) is 11.5 Å². The Morgan fingerprint density at radius 3 is 2.85 bits per heavy atom. The number of ether oxygens (including phenoxy) is 2. The lowest BCUT2D eigenvalue weighted by atomic mass is 10.1. The highest BCUT2D eigenvalue weighted by Crippen LogP contribution is 2.32. The Bertz CT molecular complexity index is 558. The summed E-state index contributed by atoms with van der Waals surface area (Å²) < 4.78 is 10.5. The molecule has 0 aromatic heterocycles. The first kappa shape index (κ1) is 12.9. The van der Waals surface area contributed by atoms with Gasteiger partial charge >= 0.3 is 0 Å². The number of carbonyl (C=O) groups excluding carboxylic acids is 2. The van der Waals surface area contributed by atoms with Crippen molar-refractivity contribution in [3.05, 3.63) is 23.8 Å². The van der Waals surface area contributed by atoms with Gasteiger partial charge in [0.05, 0.1) is 12.5 Å². The van der Waals surface area contributed by atoms with E-state index in [1.165, 1.54) is 4.90 Å². The van der Waals surface area contributed by atoms with Crippen LogP contribution >= 0.6 is 0 Å². The zero-order valence-electron chi connectivity index (χ0n) is 11.2. The summed E-state index contributed by atoms with van der Waals surface area (Å²) in [6, 6.07) is 5.22. The smallest absolute Gasteiger partial charge is 0.246 e. The van der Waals surface area contributed by atoms with E-state index in [0.717, 1.165) is 11.3 Å². The largest absolute Gasteiger partial charge is 0.454 e. The van der Waals surface area contributed by atoms with Crippen molar-refractivity contribution in [2.24, 2.45) is 0 Å². The molecular formula is C14H16N2O4. The first-order valence-corrected chi connectivity index (χ1v) is 6.65. The van der Waals surface area contributed by atoms with E-state index in [-0.39, 0.29) is 25.0 Å². The lowest BCUT2D eigenvalue weighted by Gasteiger charge is -2.13. The number of hydrogen-bond acceptors (Lipinski definition) is 5. The number of fused-ring (bicyclic) bond motifs is 1. The average molecular weight is 276 g/mol. The van der Waals surface area contributed by atoms with E-state index in [1.54, 1.807) is 6.92 Å². The molecule has 1 saturated heterocycles. The molecule has 6 nitrogen and oxygen atoms in total. The maximum atomic E-state index is 12.0. The number of nitrogens with zero attached hydrogens (tertiary/aromatic N) is 1. The van der Waals surface area contributed by atoms with Gasteiger partial charge in [-0.05, 0) is 24.6 Å². The molecule has 2 aliphatic rings. The van der Waals surface area contributed by atoms with Crippen LogP contribution in [0.15, 0.2) is 18.2 Å².